The molecule has 0 radical (unpaired) electrons. The maximum atomic E-state index is 11.7. The number of guanidine groups is 1. The van der Waals surface area contributed by atoms with Crippen molar-refractivity contribution < 1.29 is 8.42 Å². The molecule has 1 heterocycles. The van der Waals surface area contributed by atoms with Gasteiger partial charge in [-0.05, 0) is 43.2 Å². The molecule has 0 bridgehead atoms. The van der Waals surface area contributed by atoms with Gasteiger partial charge in [0, 0.05) is 32.9 Å². The Hall–Kier alpha value is -2.14. The van der Waals surface area contributed by atoms with Crippen molar-refractivity contribution in [1.29, 1.82) is 0 Å². The molecule has 0 aliphatic heterocycles. The Morgan fingerprint density at radius 1 is 1.13 bits per heavy atom. The summed E-state index contributed by atoms with van der Waals surface area (Å²) >= 11 is 0. The Kier molecular flexibility index (Phi) is 8.25. The molecule has 2 N–H and O–H groups in total. The molecule has 0 spiro atoms. The van der Waals surface area contributed by atoms with Crippen LogP contribution in [0.1, 0.15) is 17.0 Å². The minimum atomic E-state index is -3.20. The molecular formula is C21H28IN5O2S. The van der Waals surface area contributed by atoms with Gasteiger partial charge in [0.2, 0.25) is 0 Å². The first-order chi connectivity index (χ1) is 13.8. The fraction of sp³-hybridized carbons (Fsp3) is 0.333. The van der Waals surface area contributed by atoms with E-state index in [-0.39, 0.29) is 24.0 Å². The summed E-state index contributed by atoms with van der Waals surface area (Å²) < 4.78 is 25.7. The predicted molar refractivity (Wildman–Crippen MR) is 132 cm³/mol. The lowest BCUT2D eigenvalue weighted by Gasteiger charge is -2.14. The standard InChI is InChI=1S/C21H27N5O2S.HI/c1-15-13-17(9-10-20(15)29(4,27)28)14-24-21(22-3)23-11-12-26-16(2)25-18-7-5-6-8-19(18)26;/h5-10,13H,11-12,14H2,1-4H3,(H2,22,23,24);1H. The molecule has 3 aromatic rings. The monoisotopic (exact) mass is 541 g/mol. The summed E-state index contributed by atoms with van der Waals surface area (Å²) in [4.78, 5) is 9.21. The summed E-state index contributed by atoms with van der Waals surface area (Å²) in [5.41, 5.74) is 3.86. The summed E-state index contributed by atoms with van der Waals surface area (Å²) in [5, 5.41) is 6.58. The van der Waals surface area contributed by atoms with Crippen LogP contribution in [0.2, 0.25) is 0 Å². The highest BCUT2D eigenvalue weighted by Gasteiger charge is 2.11. The third-order valence-corrected chi connectivity index (χ3v) is 6.05. The molecule has 0 unspecified atom stereocenters. The molecule has 1 aromatic heterocycles. The van der Waals surface area contributed by atoms with E-state index in [1.54, 1.807) is 13.1 Å². The average molecular weight is 541 g/mol. The number of nitrogens with zero attached hydrogens (tertiary/aromatic N) is 3. The predicted octanol–water partition coefficient (Wildman–Crippen LogP) is 3.04. The zero-order valence-corrected chi connectivity index (χ0v) is 20.8. The third-order valence-electron chi connectivity index (χ3n) is 4.80. The first kappa shape index (κ1) is 24.1. The highest BCUT2D eigenvalue weighted by molar-refractivity contribution is 14.0. The summed E-state index contributed by atoms with van der Waals surface area (Å²) in [5.74, 6) is 1.68. The van der Waals surface area contributed by atoms with Crippen LogP contribution < -0.4 is 10.6 Å². The van der Waals surface area contributed by atoms with Crippen molar-refractivity contribution in [2.75, 3.05) is 19.8 Å². The van der Waals surface area contributed by atoms with E-state index in [1.165, 1.54) is 6.26 Å². The van der Waals surface area contributed by atoms with Gasteiger partial charge in [0.25, 0.3) is 0 Å². The van der Waals surface area contributed by atoms with Gasteiger partial charge in [0.1, 0.15) is 5.82 Å². The highest BCUT2D eigenvalue weighted by atomic mass is 127. The number of aromatic nitrogens is 2. The maximum absolute atomic E-state index is 11.7. The number of halogens is 1. The zero-order chi connectivity index (χ0) is 21.0. The second-order valence-electron chi connectivity index (χ2n) is 7.02. The van der Waals surface area contributed by atoms with Crippen LogP contribution in [-0.4, -0.2) is 43.8 Å². The van der Waals surface area contributed by atoms with E-state index >= 15 is 0 Å². The van der Waals surface area contributed by atoms with E-state index in [4.69, 9.17) is 0 Å². The fourth-order valence-electron chi connectivity index (χ4n) is 3.41. The number of benzene rings is 2. The maximum Gasteiger partial charge on any atom is 0.191 e. The van der Waals surface area contributed by atoms with Gasteiger partial charge in [0.05, 0.1) is 15.9 Å². The van der Waals surface area contributed by atoms with E-state index in [2.05, 4.69) is 31.2 Å². The van der Waals surface area contributed by atoms with Crippen LogP contribution in [0.15, 0.2) is 52.4 Å². The lowest BCUT2D eigenvalue weighted by Crippen LogP contribution is -2.38. The van der Waals surface area contributed by atoms with Crippen molar-refractivity contribution in [2.24, 2.45) is 4.99 Å². The van der Waals surface area contributed by atoms with Crippen LogP contribution in [-0.2, 0) is 22.9 Å². The van der Waals surface area contributed by atoms with Crippen molar-refractivity contribution in [3.63, 3.8) is 0 Å². The van der Waals surface area contributed by atoms with Gasteiger partial charge in [-0.2, -0.15) is 0 Å². The number of fused-ring (bicyclic) bond motifs is 1. The van der Waals surface area contributed by atoms with Gasteiger partial charge in [0.15, 0.2) is 15.8 Å². The molecule has 0 fully saturated rings. The Labute approximate surface area is 194 Å². The number of nitrogens with one attached hydrogen (secondary N) is 2. The molecule has 0 aliphatic rings. The molecule has 2 aromatic carbocycles. The average Bonchev–Trinajstić information content (AvgIpc) is 2.99. The van der Waals surface area contributed by atoms with Gasteiger partial charge in [-0.3, -0.25) is 4.99 Å². The molecule has 30 heavy (non-hydrogen) atoms. The normalized spacial score (nSPS) is 11.9. The quantitative estimate of drug-likeness (QED) is 0.285. The SMILES string of the molecule is CN=C(NCCn1c(C)nc2ccccc21)NCc1ccc(S(C)(=O)=O)c(C)c1.I. The molecule has 0 atom stereocenters. The van der Waals surface area contributed by atoms with Crippen molar-refractivity contribution in [3.8, 4) is 0 Å². The number of para-hydroxylation sites is 2. The van der Waals surface area contributed by atoms with Gasteiger partial charge in [-0.25, -0.2) is 13.4 Å². The van der Waals surface area contributed by atoms with Crippen molar-refractivity contribution in [1.82, 2.24) is 20.2 Å². The van der Waals surface area contributed by atoms with Crippen LogP contribution in [0.25, 0.3) is 11.0 Å². The van der Waals surface area contributed by atoms with Crippen LogP contribution in [0, 0.1) is 13.8 Å². The summed E-state index contributed by atoms with van der Waals surface area (Å²) in [6, 6.07) is 13.5. The largest absolute Gasteiger partial charge is 0.355 e. The Morgan fingerprint density at radius 3 is 2.53 bits per heavy atom. The first-order valence-electron chi connectivity index (χ1n) is 9.45. The molecule has 0 aliphatic carbocycles. The molecule has 7 nitrogen and oxygen atoms in total. The van der Waals surface area contributed by atoms with E-state index in [9.17, 15) is 8.42 Å². The van der Waals surface area contributed by atoms with Crippen LogP contribution in [0.5, 0.6) is 0 Å². The minimum Gasteiger partial charge on any atom is -0.355 e. The molecule has 3 rings (SSSR count). The summed E-state index contributed by atoms with van der Waals surface area (Å²) in [6.45, 7) is 5.85. The molecule has 9 heteroatoms. The van der Waals surface area contributed by atoms with Gasteiger partial charge in [-0.1, -0.05) is 24.3 Å². The van der Waals surface area contributed by atoms with Gasteiger partial charge >= 0.3 is 0 Å². The number of rotatable bonds is 6. The summed E-state index contributed by atoms with van der Waals surface area (Å²) in [7, 11) is -1.48. The number of imidazole rings is 1. The molecular weight excluding hydrogens is 513 g/mol. The Morgan fingerprint density at radius 2 is 1.87 bits per heavy atom. The van der Waals surface area contributed by atoms with Crippen LogP contribution in [0.3, 0.4) is 0 Å². The molecule has 0 saturated heterocycles. The van der Waals surface area contributed by atoms with Gasteiger partial charge < -0.3 is 15.2 Å². The van der Waals surface area contributed by atoms with E-state index in [1.807, 2.05) is 44.2 Å². The number of aryl methyl sites for hydroxylation is 2. The van der Waals surface area contributed by atoms with Crippen molar-refractivity contribution in [3.05, 3.63) is 59.4 Å². The zero-order valence-electron chi connectivity index (χ0n) is 17.6. The second kappa shape index (κ2) is 10.3. The van der Waals surface area contributed by atoms with E-state index in [0.717, 1.165) is 34.5 Å². The van der Waals surface area contributed by atoms with E-state index in [0.29, 0.717) is 23.9 Å². The van der Waals surface area contributed by atoms with Gasteiger partial charge in [-0.15, -0.1) is 24.0 Å². The van der Waals surface area contributed by atoms with Crippen LogP contribution in [0.4, 0.5) is 0 Å². The highest BCUT2D eigenvalue weighted by Crippen LogP contribution is 2.17. The molecule has 0 amide bonds. The summed E-state index contributed by atoms with van der Waals surface area (Å²) in [6.07, 6.45) is 1.23. The number of sulfone groups is 1. The molecule has 0 saturated carbocycles. The number of hydrogen-bond acceptors (Lipinski definition) is 4. The van der Waals surface area contributed by atoms with Crippen molar-refractivity contribution in [2.45, 2.75) is 31.8 Å². The minimum absolute atomic E-state index is 0. The van der Waals surface area contributed by atoms with Crippen LogP contribution >= 0.6 is 24.0 Å². The Balaban J connectivity index is 0.00000320. The first-order valence-corrected chi connectivity index (χ1v) is 11.3. The smallest absolute Gasteiger partial charge is 0.191 e. The molecule has 162 valence electrons. The number of hydrogen-bond donors (Lipinski definition) is 2. The third kappa shape index (κ3) is 5.72. The Bertz CT molecular complexity index is 1160. The lowest BCUT2D eigenvalue weighted by molar-refractivity contribution is 0.601. The lowest BCUT2D eigenvalue weighted by atomic mass is 10.1. The fourth-order valence-corrected chi connectivity index (χ4v) is 4.37. The topological polar surface area (TPSA) is 88.4 Å². The van der Waals surface area contributed by atoms with E-state index < -0.39 is 9.84 Å². The van der Waals surface area contributed by atoms with Crippen molar-refractivity contribution >= 4 is 50.8 Å². The second-order valence-corrected chi connectivity index (χ2v) is 9.01. The number of aliphatic imine (C=N–C) groups is 1.